The molecule has 0 bridgehead atoms. The quantitative estimate of drug-likeness (QED) is 0.858. The Kier molecular flexibility index (Phi) is 3.18. The maximum atomic E-state index is 11.2. The van der Waals surface area contributed by atoms with Gasteiger partial charge in [-0.3, -0.25) is 0 Å². The van der Waals surface area contributed by atoms with E-state index in [1.165, 1.54) is 0 Å². The van der Waals surface area contributed by atoms with Crippen molar-refractivity contribution in [3.05, 3.63) is 23.8 Å². The van der Waals surface area contributed by atoms with E-state index in [1.807, 2.05) is 30.0 Å². The molecular formula is C15H20O3S. The summed E-state index contributed by atoms with van der Waals surface area (Å²) in [4.78, 5) is 0. The molecule has 0 saturated carbocycles. The predicted molar refractivity (Wildman–Crippen MR) is 77.1 cm³/mol. The highest BCUT2D eigenvalue weighted by Gasteiger charge is 2.47. The van der Waals surface area contributed by atoms with Gasteiger partial charge in [0.25, 0.3) is 0 Å². The SMILES string of the molecule is CC1(C)CCSCC1(O)c1ccc2c(c1)OCCO2. The van der Waals surface area contributed by atoms with Crippen LogP contribution in [0, 0.1) is 5.41 Å². The third-order valence-electron chi connectivity index (χ3n) is 4.32. The molecule has 1 aromatic carbocycles. The second-order valence-corrected chi connectivity index (χ2v) is 7.01. The lowest BCUT2D eigenvalue weighted by atomic mass is 9.70. The zero-order valence-electron chi connectivity index (χ0n) is 11.4. The third kappa shape index (κ3) is 2.11. The molecule has 1 fully saturated rings. The van der Waals surface area contributed by atoms with Crippen molar-refractivity contribution in [1.29, 1.82) is 0 Å². The number of ether oxygens (including phenoxy) is 2. The van der Waals surface area contributed by atoms with Crippen molar-refractivity contribution in [3.63, 3.8) is 0 Å². The van der Waals surface area contributed by atoms with Gasteiger partial charge in [-0.1, -0.05) is 19.9 Å². The second kappa shape index (κ2) is 4.60. The highest BCUT2D eigenvalue weighted by molar-refractivity contribution is 7.99. The van der Waals surface area contributed by atoms with Gasteiger partial charge in [0.1, 0.15) is 18.8 Å². The molecule has 0 amide bonds. The van der Waals surface area contributed by atoms with Gasteiger partial charge in [-0.2, -0.15) is 11.8 Å². The van der Waals surface area contributed by atoms with E-state index in [9.17, 15) is 5.11 Å². The van der Waals surface area contributed by atoms with Crippen LogP contribution < -0.4 is 9.47 Å². The number of benzene rings is 1. The van der Waals surface area contributed by atoms with Gasteiger partial charge in [0.2, 0.25) is 0 Å². The summed E-state index contributed by atoms with van der Waals surface area (Å²) in [5.41, 5.74) is 0.0160. The summed E-state index contributed by atoms with van der Waals surface area (Å²) < 4.78 is 11.2. The number of thioether (sulfide) groups is 1. The van der Waals surface area contributed by atoms with Gasteiger partial charge in [0.15, 0.2) is 11.5 Å². The molecule has 0 spiro atoms. The Labute approximate surface area is 118 Å². The molecule has 0 aliphatic carbocycles. The van der Waals surface area contributed by atoms with Crippen LogP contribution >= 0.6 is 11.8 Å². The zero-order valence-corrected chi connectivity index (χ0v) is 12.3. The van der Waals surface area contributed by atoms with E-state index >= 15 is 0 Å². The zero-order chi connectivity index (χ0) is 13.5. The number of rotatable bonds is 1. The van der Waals surface area contributed by atoms with Crippen molar-refractivity contribution in [2.45, 2.75) is 25.9 Å². The van der Waals surface area contributed by atoms with E-state index in [4.69, 9.17) is 9.47 Å². The number of aliphatic hydroxyl groups is 1. The van der Waals surface area contributed by atoms with Crippen LogP contribution in [-0.2, 0) is 5.60 Å². The van der Waals surface area contributed by atoms with Crippen molar-refractivity contribution in [3.8, 4) is 11.5 Å². The minimum absolute atomic E-state index is 0.123. The van der Waals surface area contributed by atoms with E-state index in [1.54, 1.807) is 0 Å². The standard InChI is InChI=1S/C15H20O3S/c1-14(2)5-8-19-10-15(14,16)11-3-4-12-13(9-11)18-7-6-17-12/h3-4,9,16H,5-8,10H2,1-2H3. The molecule has 1 aromatic rings. The lowest BCUT2D eigenvalue weighted by molar-refractivity contribution is -0.0581. The molecule has 0 aromatic heterocycles. The van der Waals surface area contributed by atoms with Crippen molar-refractivity contribution in [2.75, 3.05) is 24.7 Å². The van der Waals surface area contributed by atoms with E-state index in [2.05, 4.69) is 13.8 Å². The summed E-state index contributed by atoms with van der Waals surface area (Å²) in [7, 11) is 0. The molecule has 2 aliphatic heterocycles. The highest BCUT2D eigenvalue weighted by atomic mass is 32.2. The molecule has 19 heavy (non-hydrogen) atoms. The summed E-state index contributed by atoms with van der Waals surface area (Å²) in [6.45, 7) is 5.46. The fourth-order valence-electron chi connectivity index (χ4n) is 2.72. The predicted octanol–water partition coefficient (Wildman–Crippen LogP) is 2.81. The van der Waals surface area contributed by atoms with Crippen LogP contribution in [0.5, 0.6) is 11.5 Å². The van der Waals surface area contributed by atoms with Crippen LogP contribution in [0.4, 0.5) is 0 Å². The fraction of sp³-hybridized carbons (Fsp3) is 0.600. The molecule has 104 valence electrons. The highest BCUT2D eigenvalue weighted by Crippen LogP contribution is 2.49. The first-order chi connectivity index (χ1) is 9.03. The molecule has 1 atom stereocenters. The summed E-state index contributed by atoms with van der Waals surface area (Å²) in [6, 6.07) is 5.83. The largest absolute Gasteiger partial charge is 0.486 e. The monoisotopic (exact) mass is 280 g/mol. The van der Waals surface area contributed by atoms with Gasteiger partial charge in [-0.05, 0) is 35.3 Å². The summed E-state index contributed by atoms with van der Waals surface area (Å²) in [5, 5.41) is 11.2. The molecule has 3 nitrogen and oxygen atoms in total. The van der Waals surface area contributed by atoms with Gasteiger partial charge >= 0.3 is 0 Å². The minimum Gasteiger partial charge on any atom is -0.486 e. The van der Waals surface area contributed by atoms with Crippen LogP contribution in [-0.4, -0.2) is 29.8 Å². The van der Waals surface area contributed by atoms with E-state index < -0.39 is 5.60 Å². The van der Waals surface area contributed by atoms with E-state index in [-0.39, 0.29) is 5.41 Å². The topological polar surface area (TPSA) is 38.7 Å². The van der Waals surface area contributed by atoms with E-state index in [0.717, 1.165) is 35.0 Å². The van der Waals surface area contributed by atoms with Gasteiger partial charge in [0, 0.05) is 5.75 Å². The van der Waals surface area contributed by atoms with Crippen LogP contribution in [0.2, 0.25) is 0 Å². The maximum Gasteiger partial charge on any atom is 0.161 e. The summed E-state index contributed by atoms with van der Waals surface area (Å²) in [5.74, 6) is 3.38. The number of hydrogen-bond donors (Lipinski definition) is 1. The third-order valence-corrected chi connectivity index (χ3v) is 5.44. The van der Waals surface area contributed by atoms with Gasteiger partial charge < -0.3 is 14.6 Å². The lowest BCUT2D eigenvalue weighted by Crippen LogP contribution is -2.47. The van der Waals surface area contributed by atoms with Crippen LogP contribution in [0.1, 0.15) is 25.8 Å². The van der Waals surface area contributed by atoms with Crippen LogP contribution in [0.25, 0.3) is 0 Å². The van der Waals surface area contributed by atoms with Crippen LogP contribution in [0.3, 0.4) is 0 Å². The van der Waals surface area contributed by atoms with Crippen molar-refractivity contribution >= 4 is 11.8 Å². The smallest absolute Gasteiger partial charge is 0.161 e. The average molecular weight is 280 g/mol. The molecule has 0 radical (unpaired) electrons. The normalized spacial score (nSPS) is 29.0. The molecule has 2 aliphatic rings. The van der Waals surface area contributed by atoms with Crippen molar-refractivity contribution in [1.82, 2.24) is 0 Å². The molecule has 1 saturated heterocycles. The summed E-state index contributed by atoms with van der Waals surface area (Å²) >= 11 is 1.81. The minimum atomic E-state index is -0.800. The van der Waals surface area contributed by atoms with Crippen molar-refractivity contribution < 1.29 is 14.6 Å². The Balaban J connectivity index is 2.00. The average Bonchev–Trinajstić information content (AvgIpc) is 2.41. The van der Waals surface area contributed by atoms with Crippen LogP contribution in [0.15, 0.2) is 18.2 Å². The second-order valence-electron chi connectivity index (χ2n) is 5.91. The van der Waals surface area contributed by atoms with Gasteiger partial charge in [-0.25, -0.2) is 0 Å². The Morgan fingerprint density at radius 3 is 2.63 bits per heavy atom. The Bertz CT molecular complexity index is 486. The lowest BCUT2D eigenvalue weighted by Gasteiger charge is -2.46. The molecule has 1 N–H and O–H groups in total. The maximum absolute atomic E-state index is 11.2. The van der Waals surface area contributed by atoms with Crippen molar-refractivity contribution in [2.24, 2.45) is 5.41 Å². The Hall–Kier alpha value is -0.870. The Morgan fingerprint density at radius 1 is 1.16 bits per heavy atom. The first-order valence-electron chi connectivity index (χ1n) is 6.73. The van der Waals surface area contributed by atoms with Gasteiger partial charge in [0.05, 0.1) is 0 Å². The number of hydrogen-bond acceptors (Lipinski definition) is 4. The molecule has 2 heterocycles. The first kappa shape index (κ1) is 13.1. The molecule has 4 heteroatoms. The first-order valence-corrected chi connectivity index (χ1v) is 7.89. The molecule has 3 rings (SSSR count). The van der Waals surface area contributed by atoms with Gasteiger partial charge in [-0.15, -0.1) is 0 Å². The fourth-order valence-corrected chi connectivity index (χ4v) is 4.38. The summed E-state index contributed by atoms with van der Waals surface area (Å²) in [6.07, 6.45) is 1.02. The molecule has 1 unspecified atom stereocenters. The molecular weight excluding hydrogens is 260 g/mol. The Morgan fingerprint density at radius 2 is 1.89 bits per heavy atom. The van der Waals surface area contributed by atoms with E-state index in [0.29, 0.717) is 13.2 Å². The number of fused-ring (bicyclic) bond motifs is 1.